The molecule has 1 heterocycles. The molecule has 6 nitrogen and oxygen atoms in total. The SMILES string of the molecule is O=C(O)c1ccc(OCS(=O)(=O)c2ccccn2)cc1. The van der Waals surface area contributed by atoms with Crippen LogP contribution in [0.2, 0.25) is 0 Å². The van der Waals surface area contributed by atoms with Gasteiger partial charge in [-0.3, -0.25) is 0 Å². The van der Waals surface area contributed by atoms with Crippen LogP contribution in [0, 0.1) is 0 Å². The van der Waals surface area contributed by atoms with E-state index in [2.05, 4.69) is 4.98 Å². The van der Waals surface area contributed by atoms with Crippen molar-refractivity contribution in [2.45, 2.75) is 5.03 Å². The minimum absolute atomic E-state index is 0.0674. The largest absolute Gasteiger partial charge is 0.478 e. The fourth-order valence-electron chi connectivity index (χ4n) is 1.43. The summed E-state index contributed by atoms with van der Waals surface area (Å²) in [7, 11) is -3.63. The second-order valence-electron chi connectivity index (χ2n) is 3.87. The van der Waals surface area contributed by atoms with E-state index in [1.807, 2.05) is 0 Å². The highest BCUT2D eigenvalue weighted by Crippen LogP contribution is 2.14. The van der Waals surface area contributed by atoms with Crippen LogP contribution in [0.1, 0.15) is 10.4 Å². The minimum Gasteiger partial charge on any atom is -0.478 e. The first-order valence-corrected chi connectivity index (χ1v) is 7.24. The van der Waals surface area contributed by atoms with Crippen LogP contribution in [-0.2, 0) is 9.84 Å². The van der Waals surface area contributed by atoms with Gasteiger partial charge in [-0.05, 0) is 36.4 Å². The molecule has 0 aliphatic carbocycles. The summed E-state index contributed by atoms with van der Waals surface area (Å²) in [5.74, 6) is -1.34. The number of ether oxygens (including phenoxy) is 1. The number of rotatable bonds is 5. The highest BCUT2D eigenvalue weighted by molar-refractivity contribution is 7.91. The van der Waals surface area contributed by atoms with E-state index >= 15 is 0 Å². The summed E-state index contributed by atoms with van der Waals surface area (Å²) < 4.78 is 28.9. The number of carbonyl (C=O) groups is 1. The molecule has 0 aliphatic heterocycles. The predicted octanol–water partition coefficient (Wildman–Crippen LogP) is 1.59. The van der Waals surface area contributed by atoms with E-state index in [0.717, 1.165) is 0 Å². The monoisotopic (exact) mass is 293 g/mol. The van der Waals surface area contributed by atoms with Gasteiger partial charge in [0, 0.05) is 6.20 Å². The number of hydrogen-bond acceptors (Lipinski definition) is 5. The third kappa shape index (κ3) is 3.33. The predicted molar refractivity (Wildman–Crippen MR) is 70.3 cm³/mol. The maximum absolute atomic E-state index is 11.9. The molecule has 1 aromatic carbocycles. The summed E-state index contributed by atoms with van der Waals surface area (Å²) in [5, 5.41) is 8.67. The molecule has 1 N–H and O–H groups in total. The van der Waals surface area contributed by atoms with Crippen molar-refractivity contribution in [3.05, 3.63) is 54.2 Å². The Morgan fingerprint density at radius 2 is 1.85 bits per heavy atom. The van der Waals surface area contributed by atoms with Crippen molar-refractivity contribution in [3.8, 4) is 5.75 Å². The molecular formula is C13H11NO5S. The smallest absolute Gasteiger partial charge is 0.335 e. The number of aromatic nitrogens is 1. The number of nitrogens with zero attached hydrogens (tertiary/aromatic N) is 1. The number of carboxylic acids is 1. The number of pyridine rings is 1. The Labute approximate surface area is 115 Å². The van der Waals surface area contributed by atoms with Crippen molar-refractivity contribution >= 4 is 15.8 Å². The zero-order chi connectivity index (χ0) is 14.6. The standard InChI is InChI=1S/C13H11NO5S/c15-13(16)10-4-6-11(7-5-10)19-9-20(17,18)12-3-1-2-8-14-12/h1-8H,9H2,(H,15,16). The summed E-state index contributed by atoms with van der Waals surface area (Å²) in [6.07, 6.45) is 1.38. The van der Waals surface area contributed by atoms with Crippen molar-refractivity contribution in [1.82, 2.24) is 4.98 Å². The van der Waals surface area contributed by atoms with Crippen LogP contribution in [0.15, 0.2) is 53.7 Å². The molecular weight excluding hydrogens is 282 g/mol. The van der Waals surface area contributed by atoms with Crippen molar-refractivity contribution in [1.29, 1.82) is 0 Å². The summed E-state index contributed by atoms with van der Waals surface area (Å²) in [6, 6.07) is 10.0. The molecule has 7 heteroatoms. The first-order chi connectivity index (χ1) is 9.49. The second-order valence-corrected chi connectivity index (χ2v) is 5.76. The Morgan fingerprint density at radius 1 is 1.15 bits per heavy atom. The molecule has 20 heavy (non-hydrogen) atoms. The first-order valence-electron chi connectivity index (χ1n) is 5.59. The van der Waals surface area contributed by atoms with Crippen LogP contribution in [0.25, 0.3) is 0 Å². The lowest BCUT2D eigenvalue weighted by atomic mass is 10.2. The zero-order valence-corrected chi connectivity index (χ0v) is 11.1. The maximum atomic E-state index is 11.9. The van der Waals surface area contributed by atoms with Gasteiger partial charge in [-0.2, -0.15) is 0 Å². The zero-order valence-electron chi connectivity index (χ0n) is 10.3. The molecule has 0 aliphatic rings. The van der Waals surface area contributed by atoms with Gasteiger partial charge in [-0.25, -0.2) is 18.2 Å². The van der Waals surface area contributed by atoms with Crippen molar-refractivity contribution in [3.63, 3.8) is 0 Å². The molecule has 0 saturated carbocycles. The van der Waals surface area contributed by atoms with E-state index in [0.29, 0.717) is 0 Å². The maximum Gasteiger partial charge on any atom is 0.335 e. The van der Waals surface area contributed by atoms with Gasteiger partial charge < -0.3 is 9.84 Å². The molecule has 2 rings (SSSR count). The third-order valence-electron chi connectivity index (χ3n) is 2.44. The van der Waals surface area contributed by atoms with Gasteiger partial charge in [-0.1, -0.05) is 6.07 Å². The van der Waals surface area contributed by atoms with E-state index in [1.54, 1.807) is 12.1 Å². The second kappa shape index (κ2) is 5.70. The van der Waals surface area contributed by atoms with Gasteiger partial charge in [0.1, 0.15) is 5.75 Å². The van der Waals surface area contributed by atoms with Crippen LogP contribution in [0.3, 0.4) is 0 Å². The molecule has 0 atom stereocenters. The lowest BCUT2D eigenvalue weighted by Gasteiger charge is -2.07. The molecule has 0 amide bonds. The molecule has 0 spiro atoms. The average Bonchev–Trinajstić information content (AvgIpc) is 2.46. The molecule has 0 saturated heterocycles. The van der Waals surface area contributed by atoms with E-state index in [9.17, 15) is 13.2 Å². The van der Waals surface area contributed by atoms with Crippen molar-refractivity contribution < 1.29 is 23.1 Å². The lowest BCUT2D eigenvalue weighted by Crippen LogP contribution is -2.13. The summed E-state index contributed by atoms with van der Waals surface area (Å²) in [6.45, 7) is 0. The fraction of sp³-hybridized carbons (Fsp3) is 0.0769. The number of aromatic carboxylic acids is 1. The molecule has 2 aromatic rings. The Balaban J connectivity index is 2.07. The van der Waals surface area contributed by atoms with E-state index in [-0.39, 0.29) is 16.3 Å². The van der Waals surface area contributed by atoms with Gasteiger partial charge in [0.2, 0.25) is 9.84 Å². The third-order valence-corrected chi connectivity index (χ3v) is 3.75. The van der Waals surface area contributed by atoms with Gasteiger partial charge >= 0.3 is 5.97 Å². The topological polar surface area (TPSA) is 93.6 Å². The van der Waals surface area contributed by atoms with Crippen LogP contribution >= 0.6 is 0 Å². The molecule has 0 unspecified atom stereocenters. The number of carboxylic acid groups (broad SMARTS) is 1. The molecule has 1 aromatic heterocycles. The van der Waals surface area contributed by atoms with Gasteiger partial charge in [0.25, 0.3) is 0 Å². The Morgan fingerprint density at radius 3 is 2.40 bits per heavy atom. The van der Waals surface area contributed by atoms with Crippen molar-refractivity contribution in [2.24, 2.45) is 0 Å². The van der Waals surface area contributed by atoms with E-state index in [4.69, 9.17) is 9.84 Å². The lowest BCUT2D eigenvalue weighted by molar-refractivity contribution is 0.0697. The summed E-state index contributed by atoms with van der Waals surface area (Å²) >= 11 is 0. The van der Waals surface area contributed by atoms with E-state index < -0.39 is 21.7 Å². The summed E-state index contributed by atoms with van der Waals surface area (Å²) in [4.78, 5) is 14.4. The van der Waals surface area contributed by atoms with Gasteiger partial charge in [0.15, 0.2) is 11.0 Å². The molecule has 0 bridgehead atoms. The Kier molecular flexibility index (Phi) is 3.99. The van der Waals surface area contributed by atoms with Crippen LogP contribution in [-0.4, -0.2) is 30.4 Å². The quantitative estimate of drug-likeness (QED) is 0.899. The van der Waals surface area contributed by atoms with Crippen LogP contribution in [0.5, 0.6) is 5.75 Å². The Bertz CT molecular complexity index is 695. The Hall–Kier alpha value is -2.41. The highest BCUT2D eigenvalue weighted by Gasteiger charge is 2.16. The highest BCUT2D eigenvalue weighted by atomic mass is 32.2. The molecule has 0 fully saturated rings. The van der Waals surface area contributed by atoms with Crippen LogP contribution in [0.4, 0.5) is 0 Å². The number of sulfone groups is 1. The molecule has 0 radical (unpaired) electrons. The van der Waals surface area contributed by atoms with Gasteiger partial charge in [0.05, 0.1) is 5.56 Å². The summed E-state index contributed by atoms with van der Waals surface area (Å²) in [5.41, 5.74) is 0.102. The van der Waals surface area contributed by atoms with Gasteiger partial charge in [-0.15, -0.1) is 0 Å². The average molecular weight is 293 g/mol. The molecule has 104 valence electrons. The van der Waals surface area contributed by atoms with Crippen LogP contribution < -0.4 is 4.74 Å². The minimum atomic E-state index is -3.63. The number of benzene rings is 1. The number of hydrogen-bond donors (Lipinski definition) is 1. The van der Waals surface area contributed by atoms with E-state index in [1.165, 1.54) is 36.5 Å². The first kappa shape index (κ1) is 14.0. The van der Waals surface area contributed by atoms with Crippen molar-refractivity contribution in [2.75, 3.05) is 5.94 Å². The normalized spacial score (nSPS) is 11.0. The fourth-order valence-corrected chi connectivity index (χ4v) is 2.35.